The second-order valence-corrected chi connectivity index (χ2v) is 6.13. The van der Waals surface area contributed by atoms with Crippen LogP contribution in [0.4, 0.5) is 10.1 Å². The van der Waals surface area contributed by atoms with Gasteiger partial charge in [-0.1, -0.05) is 18.2 Å². The predicted molar refractivity (Wildman–Crippen MR) is 99.5 cm³/mol. The van der Waals surface area contributed by atoms with E-state index in [1.54, 1.807) is 6.92 Å². The molecular formula is C20H21FN2O4. The maximum Gasteiger partial charge on any atom is 0.335 e. The number of hydrogen-bond acceptors (Lipinski definition) is 3. The normalized spacial score (nSPS) is 10.4. The van der Waals surface area contributed by atoms with Gasteiger partial charge in [-0.25, -0.2) is 9.18 Å². The van der Waals surface area contributed by atoms with Gasteiger partial charge in [0.15, 0.2) is 0 Å². The van der Waals surface area contributed by atoms with Gasteiger partial charge < -0.3 is 15.3 Å². The molecule has 27 heavy (non-hydrogen) atoms. The Morgan fingerprint density at radius 3 is 2.26 bits per heavy atom. The van der Waals surface area contributed by atoms with Gasteiger partial charge in [-0.15, -0.1) is 0 Å². The van der Waals surface area contributed by atoms with Crippen molar-refractivity contribution in [1.29, 1.82) is 0 Å². The molecule has 142 valence electrons. The standard InChI is InChI=1S/C20H21FN2O4/c1-4-23(11-17(24)22-18-12(2)6-5-7-13(18)3)19(25)15-9-8-14(20(26)27)10-16(15)21/h5-10H,4,11H2,1-3H3,(H,22,24)(H,26,27). The van der Waals surface area contributed by atoms with Gasteiger partial charge in [0.2, 0.25) is 5.91 Å². The lowest BCUT2D eigenvalue weighted by atomic mass is 10.1. The molecule has 2 aromatic carbocycles. The molecule has 0 atom stereocenters. The van der Waals surface area contributed by atoms with Crippen molar-refractivity contribution in [2.75, 3.05) is 18.4 Å². The molecule has 2 N–H and O–H groups in total. The minimum absolute atomic E-state index is 0.194. The minimum Gasteiger partial charge on any atom is -0.478 e. The molecular weight excluding hydrogens is 351 g/mol. The van der Waals surface area contributed by atoms with E-state index in [2.05, 4.69) is 5.32 Å². The number of aryl methyl sites for hydroxylation is 2. The van der Waals surface area contributed by atoms with Crippen molar-refractivity contribution >= 4 is 23.5 Å². The van der Waals surface area contributed by atoms with Crippen LogP contribution >= 0.6 is 0 Å². The summed E-state index contributed by atoms with van der Waals surface area (Å²) in [5.74, 6) is -3.30. The maximum atomic E-state index is 14.1. The van der Waals surface area contributed by atoms with Crippen molar-refractivity contribution in [1.82, 2.24) is 4.90 Å². The SMILES string of the molecule is CCN(CC(=O)Nc1c(C)cccc1C)C(=O)c1ccc(C(=O)O)cc1F. The Morgan fingerprint density at radius 1 is 1.11 bits per heavy atom. The summed E-state index contributed by atoms with van der Waals surface area (Å²) >= 11 is 0. The Balaban J connectivity index is 2.15. The molecule has 0 saturated heterocycles. The molecule has 2 rings (SSSR count). The first-order valence-corrected chi connectivity index (χ1v) is 8.42. The third-order valence-electron chi connectivity index (χ3n) is 4.20. The number of aromatic carboxylic acids is 1. The quantitative estimate of drug-likeness (QED) is 0.815. The fraction of sp³-hybridized carbons (Fsp3) is 0.250. The zero-order valence-electron chi connectivity index (χ0n) is 15.4. The van der Waals surface area contributed by atoms with Crippen LogP contribution in [0.25, 0.3) is 0 Å². The lowest BCUT2D eigenvalue weighted by molar-refractivity contribution is -0.116. The summed E-state index contributed by atoms with van der Waals surface area (Å²) in [5.41, 5.74) is 1.95. The van der Waals surface area contributed by atoms with E-state index < -0.39 is 23.6 Å². The molecule has 0 fully saturated rings. The lowest BCUT2D eigenvalue weighted by Crippen LogP contribution is -2.38. The zero-order valence-corrected chi connectivity index (χ0v) is 15.4. The molecule has 7 heteroatoms. The van der Waals surface area contributed by atoms with Crippen molar-refractivity contribution in [3.63, 3.8) is 0 Å². The van der Waals surface area contributed by atoms with Crippen LogP contribution in [0.5, 0.6) is 0 Å². The van der Waals surface area contributed by atoms with Crippen LogP contribution in [0.3, 0.4) is 0 Å². The van der Waals surface area contributed by atoms with Crippen LogP contribution in [0.1, 0.15) is 38.8 Å². The Bertz CT molecular complexity index is 875. The average Bonchev–Trinajstić information content (AvgIpc) is 2.62. The molecule has 0 aliphatic heterocycles. The molecule has 0 bridgehead atoms. The van der Waals surface area contributed by atoms with Crippen LogP contribution < -0.4 is 5.32 Å². The number of likely N-dealkylation sites (N-methyl/N-ethyl adjacent to an activating group) is 1. The van der Waals surface area contributed by atoms with Gasteiger partial charge in [-0.2, -0.15) is 0 Å². The van der Waals surface area contributed by atoms with Gasteiger partial charge in [0, 0.05) is 12.2 Å². The first-order valence-electron chi connectivity index (χ1n) is 8.42. The van der Waals surface area contributed by atoms with Gasteiger partial charge in [0.1, 0.15) is 12.4 Å². The van der Waals surface area contributed by atoms with E-state index in [0.717, 1.165) is 29.3 Å². The summed E-state index contributed by atoms with van der Waals surface area (Å²) in [7, 11) is 0. The highest BCUT2D eigenvalue weighted by atomic mass is 19.1. The number of rotatable bonds is 6. The lowest BCUT2D eigenvalue weighted by Gasteiger charge is -2.21. The minimum atomic E-state index is -1.28. The first-order chi connectivity index (χ1) is 12.7. The average molecular weight is 372 g/mol. The smallest absolute Gasteiger partial charge is 0.335 e. The summed E-state index contributed by atoms with van der Waals surface area (Å²) in [5, 5.41) is 11.7. The van der Waals surface area contributed by atoms with Crippen molar-refractivity contribution < 1.29 is 23.9 Å². The summed E-state index contributed by atoms with van der Waals surface area (Å²) in [6, 6.07) is 8.68. The molecule has 0 unspecified atom stereocenters. The number of amides is 2. The molecule has 0 saturated carbocycles. The van der Waals surface area contributed by atoms with Crippen molar-refractivity contribution in [3.8, 4) is 0 Å². The number of hydrogen-bond donors (Lipinski definition) is 2. The number of para-hydroxylation sites is 1. The largest absolute Gasteiger partial charge is 0.478 e. The molecule has 0 heterocycles. The Hall–Kier alpha value is -3.22. The fourth-order valence-corrected chi connectivity index (χ4v) is 2.68. The number of carbonyl (C=O) groups is 3. The molecule has 0 aliphatic carbocycles. The second-order valence-electron chi connectivity index (χ2n) is 6.13. The van der Waals surface area contributed by atoms with Gasteiger partial charge in [-0.05, 0) is 50.1 Å². The van der Waals surface area contributed by atoms with E-state index in [4.69, 9.17) is 5.11 Å². The van der Waals surface area contributed by atoms with E-state index in [1.807, 2.05) is 32.0 Å². The Kier molecular flexibility index (Phi) is 6.28. The summed E-state index contributed by atoms with van der Waals surface area (Å²) in [4.78, 5) is 37.0. The summed E-state index contributed by atoms with van der Waals surface area (Å²) in [6.07, 6.45) is 0. The van der Waals surface area contributed by atoms with Crippen molar-refractivity contribution in [3.05, 3.63) is 64.5 Å². The molecule has 2 amide bonds. The fourth-order valence-electron chi connectivity index (χ4n) is 2.68. The third-order valence-corrected chi connectivity index (χ3v) is 4.20. The molecule has 0 aliphatic rings. The predicted octanol–water partition coefficient (Wildman–Crippen LogP) is 3.24. The number of carbonyl (C=O) groups excluding carboxylic acids is 2. The van der Waals surface area contributed by atoms with E-state index >= 15 is 0 Å². The number of carboxylic acids is 1. The van der Waals surface area contributed by atoms with Crippen LogP contribution in [0.2, 0.25) is 0 Å². The number of benzene rings is 2. The second kappa shape index (κ2) is 8.44. The molecule has 2 aromatic rings. The molecule has 0 radical (unpaired) electrons. The van der Waals surface area contributed by atoms with Crippen molar-refractivity contribution in [2.45, 2.75) is 20.8 Å². The Labute approximate surface area is 156 Å². The van der Waals surface area contributed by atoms with Crippen LogP contribution in [0, 0.1) is 19.7 Å². The van der Waals surface area contributed by atoms with Gasteiger partial charge in [0.05, 0.1) is 11.1 Å². The number of nitrogens with zero attached hydrogens (tertiary/aromatic N) is 1. The maximum absolute atomic E-state index is 14.1. The van der Waals surface area contributed by atoms with Crippen LogP contribution in [-0.2, 0) is 4.79 Å². The van der Waals surface area contributed by atoms with Crippen LogP contribution in [-0.4, -0.2) is 40.9 Å². The summed E-state index contributed by atoms with van der Waals surface area (Å²) < 4.78 is 14.1. The van der Waals surface area contributed by atoms with Crippen molar-refractivity contribution in [2.24, 2.45) is 0 Å². The summed E-state index contributed by atoms with van der Waals surface area (Å²) in [6.45, 7) is 5.35. The highest BCUT2D eigenvalue weighted by Gasteiger charge is 2.22. The molecule has 6 nitrogen and oxygen atoms in total. The van der Waals surface area contributed by atoms with Gasteiger partial charge in [0.25, 0.3) is 5.91 Å². The highest BCUT2D eigenvalue weighted by Crippen LogP contribution is 2.19. The van der Waals surface area contributed by atoms with Crippen LogP contribution in [0.15, 0.2) is 36.4 Å². The number of nitrogens with one attached hydrogen (secondary N) is 1. The number of carboxylic acid groups (broad SMARTS) is 1. The molecule has 0 spiro atoms. The number of anilines is 1. The number of halogens is 1. The van der Waals surface area contributed by atoms with E-state index in [-0.39, 0.29) is 24.2 Å². The van der Waals surface area contributed by atoms with E-state index in [0.29, 0.717) is 5.69 Å². The van der Waals surface area contributed by atoms with E-state index in [9.17, 15) is 18.8 Å². The van der Waals surface area contributed by atoms with Gasteiger partial charge in [-0.3, -0.25) is 9.59 Å². The van der Waals surface area contributed by atoms with Gasteiger partial charge >= 0.3 is 5.97 Å². The monoisotopic (exact) mass is 372 g/mol. The topological polar surface area (TPSA) is 86.7 Å². The van der Waals surface area contributed by atoms with E-state index in [1.165, 1.54) is 4.90 Å². The zero-order chi connectivity index (χ0) is 20.1. The third kappa shape index (κ3) is 4.69. The first kappa shape index (κ1) is 20.1. The molecule has 0 aromatic heterocycles. The Morgan fingerprint density at radius 2 is 1.74 bits per heavy atom. The highest BCUT2D eigenvalue weighted by molar-refractivity contribution is 6.00.